The molecule has 2 saturated heterocycles. The van der Waals surface area contributed by atoms with Gasteiger partial charge in [-0.15, -0.1) is 0 Å². The molecule has 0 aliphatic carbocycles. The fraction of sp³-hybridized carbons (Fsp3) is 0.619. The third-order valence-electron chi connectivity index (χ3n) is 5.59. The van der Waals surface area contributed by atoms with Gasteiger partial charge in [0, 0.05) is 48.8 Å². The smallest absolute Gasteiger partial charge is 0.227 e. The second-order valence-corrected chi connectivity index (χ2v) is 9.00. The van der Waals surface area contributed by atoms with Gasteiger partial charge >= 0.3 is 0 Å². The van der Waals surface area contributed by atoms with Crippen LogP contribution in [-0.2, 0) is 14.3 Å². The van der Waals surface area contributed by atoms with Gasteiger partial charge < -0.3 is 15.0 Å². The van der Waals surface area contributed by atoms with Crippen LogP contribution in [0.25, 0.3) is 0 Å². The van der Waals surface area contributed by atoms with Crippen LogP contribution >= 0.6 is 15.9 Å². The molecule has 0 aromatic heterocycles. The molecule has 4 atom stereocenters. The van der Waals surface area contributed by atoms with E-state index in [1.54, 1.807) is 4.90 Å². The summed E-state index contributed by atoms with van der Waals surface area (Å²) in [5.41, 5.74) is 1.92. The van der Waals surface area contributed by atoms with Gasteiger partial charge in [0.2, 0.25) is 11.8 Å². The summed E-state index contributed by atoms with van der Waals surface area (Å²) in [5, 5.41) is 3.06. The van der Waals surface area contributed by atoms with Crippen molar-refractivity contribution in [2.75, 3.05) is 31.1 Å². The van der Waals surface area contributed by atoms with Crippen LogP contribution in [0.3, 0.4) is 0 Å². The van der Waals surface area contributed by atoms with Gasteiger partial charge in [-0.3, -0.25) is 14.5 Å². The zero-order chi connectivity index (χ0) is 20.4. The van der Waals surface area contributed by atoms with Crippen LogP contribution in [-0.4, -0.2) is 61.1 Å². The lowest BCUT2D eigenvalue weighted by Crippen LogP contribution is -2.52. The van der Waals surface area contributed by atoms with E-state index in [0.717, 1.165) is 28.8 Å². The Morgan fingerprint density at radius 2 is 1.96 bits per heavy atom. The molecule has 0 bridgehead atoms. The summed E-state index contributed by atoms with van der Waals surface area (Å²) in [5.74, 6) is -0.331. The van der Waals surface area contributed by atoms with E-state index in [2.05, 4.69) is 46.9 Å². The number of hydrogen-bond acceptors (Lipinski definition) is 4. The molecule has 154 valence electrons. The van der Waals surface area contributed by atoms with E-state index < -0.39 is 0 Å². The summed E-state index contributed by atoms with van der Waals surface area (Å²) >= 11 is 3.48. The first-order chi connectivity index (χ1) is 13.2. The van der Waals surface area contributed by atoms with Crippen molar-refractivity contribution in [1.82, 2.24) is 10.2 Å². The van der Waals surface area contributed by atoms with Gasteiger partial charge in [0.1, 0.15) is 0 Å². The summed E-state index contributed by atoms with van der Waals surface area (Å²) in [7, 11) is 0. The quantitative estimate of drug-likeness (QED) is 0.747. The number of ether oxygens (including phenoxy) is 1. The molecule has 2 aliphatic heterocycles. The van der Waals surface area contributed by atoms with Crippen molar-refractivity contribution >= 4 is 33.4 Å². The zero-order valence-corrected chi connectivity index (χ0v) is 18.7. The lowest BCUT2D eigenvalue weighted by Gasteiger charge is -2.39. The van der Waals surface area contributed by atoms with Crippen molar-refractivity contribution in [3.63, 3.8) is 0 Å². The van der Waals surface area contributed by atoms with Crippen LogP contribution < -0.4 is 10.2 Å². The molecule has 2 amide bonds. The molecule has 2 fully saturated rings. The van der Waals surface area contributed by atoms with E-state index in [4.69, 9.17) is 4.74 Å². The lowest BCUT2D eigenvalue weighted by molar-refractivity contribution is -0.126. The summed E-state index contributed by atoms with van der Waals surface area (Å²) < 4.78 is 6.79. The Labute approximate surface area is 175 Å². The first-order valence-corrected chi connectivity index (χ1v) is 10.8. The molecular formula is C21H30BrN3O3. The van der Waals surface area contributed by atoms with Gasteiger partial charge in [0.05, 0.1) is 18.1 Å². The predicted octanol–water partition coefficient (Wildman–Crippen LogP) is 2.72. The second-order valence-electron chi connectivity index (χ2n) is 8.14. The number of aryl methyl sites for hydroxylation is 1. The van der Waals surface area contributed by atoms with Crippen molar-refractivity contribution in [3.8, 4) is 0 Å². The molecule has 6 nitrogen and oxygen atoms in total. The number of benzene rings is 1. The normalized spacial score (nSPS) is 27.1. The Bertz CT molecular complexity index is 732. The number of carbonyl (C=O) groups excluding carboxylic acids is 2. The summed E-state index contributed by atoms with van der Waals surface area (Å²) in [6.07, 6.45) is 0.676. The van der Waals surface area contributed by atoms with Crippen molar-refractivity contribution < 1.29 is 14.3 Å². The third-order valence-corrected chi connectivity index (χ3v) is 6.48. The standard InChI is InChI=1S/C21H30BrN3O3/c1-13-7-18(5-6-19(13)22)25-12-17(8-20(25)26)21(27)23-9-14(2)24-10-15(3)28-16(4)11-24/h5-7,14-17H,8-12H2,1-4H3,(H,23,27). The van der Waals surface area contributed by atoms with Crippen molar-refractivity contribution in [2.24, 2.45) is 5.92 Å². The molecule has 4 unspecified atom stereocenters. The van der Waals surface area contributed by atoms with Crippen LogP contribution in [0.2, 0.25) is 0 Å². The fourth-order valence-electron chi connectivity index (χ4n) is 4.03. The SMILES string of the molecule is Cc1cc(N2CC(C(=O)NCC(C)N3CC(C)OC(C)C3)CC2=O)ccc1Br. The van der Waals surface area contributed by atoms with Crippen molar-refractivity contribution in [2.45, 2.75) is 52.4 Å². The Balaban J connectivity index is 1.53. The topological polar surface area (TPSA) is 61.9 Å². The maximum atomic E-state index is 12.7. The molecule has 0 saturated carbocycles. The van der Waals surface area contributed by atoms with Crippen LogP contribution in [0, 0.1) is 12.8 Å². The Morgan fingerprint density at radius 1 is 1.29 bits per heavy atom. The molecule has 28 heavy (non-hydrogen) atoms. The van der Waals surface area contributed by atoms with Gasteiger partial charge in [0.15, 0.2) is 0 Å². The van der Waals surface area contributed by atoms with Gasteiger partial charge in [-0.1, -0.05) is 15.9 Å². The molecule has 2 heterocycles. The minimum absolute atomic E-state index is 0.00532. The minimum atomic E-state index is -0.300. The highest BCUT2D eigenvalue weighted by molar-refractivity contribution is 9.10. The van der Waals surface area contributed by atoms with E-state index in [0.29, 0.717) is 13.1 Å². The number of morpholine rings is 1. The molecular weight excluding hydrogens is 422 g/mol. The number of anilines is 1. The molecule has 0 spiro atoms. The predicted molar refractivity (Wildman–Crippen MR) is 113 cm³/mol. The molecule has 0 radical (unpaired) electrons. The molecule has 3 rings (SSSR count). The van der Waals surface area contributed by atoms with Crippen LogP contribution in [0.5, 0.6) is 0 Å². The first-order valence-electron chi connectivity index (χ1n) is 9.98. The molecule has 1 aromatic carbocycles. The Hall–Kier alpha value is -1.44. The van der Waals surface area contributed by atoms with E-state index in [1.165, 1.54) is 0 Å². The Kier molecular flexibility index (Phi) is 6.78. The Morgan fingerprint density at radius 3 is 2.61 bits per heavy atom. The first kappa shape index (κ1) is 21.3. The fourth-order valence-corrected chi connectivity index (χ4v) is 4.28. The number of rotatable bonds is 5. The average Bonchev–Trinajstić information content (AvgIpc) is 3.02. The van der Waals surface area contributed by atoms with Gasteiger partial charge in [-0.25, -0.2) is 0 Å². The largest absolute Gasteiger partial charge is 0.373 e. The highest BCUT2D eigenvalue weighted by atomic mass is 79.9. The molecule has 1 aromatic rings. The van der Waals surface area contributed by atoms with Crippen LogP contribution in [0.4, 0.5) is 5.69 Å². The summed E-state index contributed by atoms with van der Waals surface area (Å²) in [6, 6.07) is 6.07. The summed E-state index contributed by atoms with van der Waals surface area (Å²) in [4.78, 5) is 29.2. The number of hydrogen-bond donors (Lipinski definition) is 1. The maximum Gasteiger partial charge on any atom is 0.227 e. The second kappa shape index (κ2) is 8.93. The average molecular weight is 452 g/mol. The molecule has 2 aliphatic rings. The maximum absolute atomic E-state index is 12.7. The van der Waals surface area contributed by atoms with Crippen molar-refractivity contribution in [3.05, 3.63) is 28.2 Å². The van der Waals surface area contributed by atoms with E-state index >= 15 is 0 Å². The molecule has 7 heteroatoms. The highest BCUT2D eigenvalue weighted by Crippen LogP contribution is 2.28. The van der Waals surface area contributed by atoms with E-state index in [-0.39, 0.29) is 42.4 Å². The number of carbonyl (C=O) groups is 2. The van der Waals surface area contributed by atoms with Gasteiger partial charge in [-0.2, -0.15) is 0 Å². The number of nitrogens with zero attached hydrogens (tertiary/aromatic N) is 2. The third kappa shape index (κ3) is 4.93. The van der Waals surface area contributed by atoms with Crippen LogP contribution in [0.15, 0.2) is 22.7 Å². The van der Waals surface area contributed by atoms with E-state index in [1.807, 2.05) is 25.1 Å². The number of halogens is 1. The molecule has 1 N–H and O–H groups in total. The number of nitrogens with one attached hydrogen (secondary N) is 1. The monoisotopic (exact) mass is 451 g/mol. The highest BCUT2D eigenvalue weighted by Gasteiger charge is 2.35. The van der Waals surface area contributed by atoms with Gasteiger partial charge in [0.25, 0.3) is 0 Å². The van der Waals surface area contributed by atoms with Gasteiger partial charge in [-0.05, 0) is 51.5 Å². The lowest BCUT2D eigenvalue weighted by atomic mass is 10.1. The van der Waals surface area contributed by atoms with Crippen molar-refractivity contribution in [1.29, 1.82) is 0 Å². The summed E-state index contributed by atoms with van der Waals surface area (Å²) in [6.45, 7) is 11.0. The van der Waals surface area contributed by atoms with E-state index in [9.17, 15) is 9.59 Å². The minimum Gasteiger partial charge on any atom is -0.373 e. The zero-order valence-electron chi connectivity index (χ0n) is 17.1. The van der Waals surface area contributed by atoms with Crippen LogP contribution in [0.1, 0.15) is 32.8 Å². The number of amides is 2.